The Bertz CT molecular complexity index is 628. The van der Waals surface area contributed by atoms with Gasteiger partial charge >= 0.3 is 5.25 Å². The number of sulfone groups is 1. The highest BCUT2D eigenvalue weighted by Crippen LogP contribution is 2.61. The molecule has 0 aromatic rings. The Morgan fingerprint density at radius 1 is 1.24 bits per heavy atom. The molecule has 2 bridgehead atoms. The summed E-state index contributed by atoms with van der Waals surface area (Å²) in [7, 11) is -7.03. The molecular weight excluding hydrogens is 326 g/mol. The van der Waals surface area contributed by atoms with Crippen LogP contribution in [-0.2, 0) is 24.1 Å². The Morgan fingerprint density at radius 2 is 1.81 bits per heavy atom. The van der Waals surface area contributed by atoms with E-state index in [2.05, 4.69) is 4.18 Å². The molecule has 0 aromatic heterocycles. The van der Waals surface area contributed by atoms with Crippen LogP contribution in [0.15, 0.2) is 0 Å². The summed E-state index contributed by atoms with van der Waals surface area (Å²) in [6.07, 6.45) is 0.859. The molecule has 0 radical (unpaired) electrons. The maximum atomic E-state index is 13.8. The summed E-state index contributed by atoms with van der Waals surface area (Å²) >= 11 is 0. The third-order valence-electron chi connectivity index (χ3n) is 5.10. The lowest BCUT2D eigenvalue weighted by molar-refractivity contribution is 0.0129. The van der Waals surface area contributed by atoms with Gasteiger partial charge in [-0.15, -0.1) is 0 Å². The lowest BCUT2D eigenvalue weighted by atomic mass is 9.72. The van der Waals surface area contributed by atoms with Crippen LogP contribution in [0.2, 0.25) is 0 Å². The summed E-state index contributed by atoms with van der Waals surface area (Å²) < 4.78 is 78.1. The molecule has 2 aliphatic carbocycles. The second-order valence-electron chi connectivity index (χ2n) is 6.57. The number of hydrogen-bond donors (Lipinski definition) is 0. The molecule has 4 atom stereocenters. The zero-order chi connectivity index (χ0) is 16.3. The molecule has 2 aliphatic rings. The molecule has 0 aromatic carbocycles. The zero-order valence-corrected chi connectivity index (χ0v) is 13.8. The normalized spacial score (nSPS) is 37.1. The van der Waals surface area contributed by atoms with E-state index in [1.54, 1.807) is 6.92 Å². The van der Waals surface area contributed by atoms with Gasteiger partial charge < -0.3 is 0 Å². The molecule has 0 spiro atoms. The van der Waals surface area contributed by atoms with Crippen molar-refractivity contribution in [3.63, 3.8) is 0 Å². The van der Waals surface area contributed by atoms with Crippen LogP contribution in [0, 0.1) is 17.3 Å². The van der Waals surface area contributed by atoms with E-state index in [0.29, 0.717) is 12.7 Å². The zero-order valence-electron chi connectivity index (χ0n) is 12.2. The van der Waals surface area contributed by atoms with Crippen molar-refractivity contribution in [3.05, 3.63) is 0 Å². The Hall–Kier alpha value is -0.280. The number of fused-ring (bicyclic) bond motifs is 2. The third-order valence-corrected chi connectivity index (χ3v) is 8.11. The Balaban J connectivity index is 2.18. The minimum Gasteiger partial charge on any atom is -0.273 e. The molecule has 0 N–H and O–H groups in total. The summed E-state index contributed by atoms with van der Waals surface area (Å²) in [6.45, 7) is 1.63. The van der Waals surface area contributed by atoms with E-state index >= 15 is 0 Å². The average Bonchev–Trinajstić information content (AvgIpc) is 2.83. The fourth-order valence-corrected chi connectivity index (χ4v) is 5.92. The molecule has 2 saturated carbocycles. The first-order valence-electron chi connectivity index (χ1n) is 6.69. The van der Waals surface area contributed by atoms with E-state index in [4.69, 9.17) is 0 Å². The number of alkyl halides is 2. The molecule has 4 unspecified atom stereocenters. The standard InChI is InChI=1S/C12H20F2O5S2/c1-11(7-12(13,14)20(3,15)16)6-8-4-9(11)5-10(8)21(17,18)19-2/h8-10H,4-7H2,1-3H3. The SMILES string of the molecule is COS(=O)(=O)C1CC2CC1CC2(C)CC(F)(F)S(C)(=O)=O. The Labute approximate surface area is 124 Å². The van der Waals surface area contributed by atoms with Crippen molar-refractivity contribution in [2.45, 2.75) is 43.1 Å². The van der Waals surface area contributed by atoms with Crippen LogP contribution in [0.1, 0.15) is 32.6 Å². The van der Waals surface area contributed by atoms with Gasteiger partial charge in [0.1, 0.15) is 0 Å². The van der Waals surface area contributed by atoms with Gasteiger partial charge in [-0.2, -0.15) is 17.2 Å². The number of rotatable bonds is 5. The largest absolute Gasteiger partial charge is 0.345 e. The molecule has 9 heteroatoms. The van der Waals surface area contributed by atoms with Gasteiger partial charge in [0.05, 0.1) is 12.4 Å². The van der Waals surface area contributed by atoms with Crippen molar-refractivity contribution in [1.29, 1.82) is 0 Å². The maximum absolute atomic E-state index is 13.8. The highest BCUT2D eigenvalue weighted by atomic mass is 32.2. The molecule has 0 amide bonds. The summed E-state index contributed by atoms with van der Waals surface area (Å²) in [5.41, 5.74) is -0.850. The number of halogens is 2. The predicted molar refractivity (Wildman–Crippen MR) is 73.1 cm³/mol. The minimum atomic E-state index is -4.47. The van der Waals surface area contributed by atoms with Crippen LogP contribution in [0.25, 0.3) is 0 Å². The first kappa shape index (κ1) is 17.1. The van der Waals surface area contributed by atoms with Gasteiger partial charge in [0, 0.05) is 12.7 Å². The summed E-state index contributed by atoms with van der Waals surface area (Å²) in [5.74, 6) is -0.453. The van der Waals surface area contributed by atoms with E-state index in [1.165, 1.54) is 0 Å². The van der Waals surface area contributed by atoms with Gasteiger partial charge in [-0.05, 0) is 36.5 Å². The molecule has 5 nitrogen and oxygen atoms in total. The van der Waals surface area contributed by atoms with Crippen molar-refractivity contribution in [3.8, 4) is 0 Å². The van der Waals surface area contributed by atoms with Crippen LogP contribution in [0.3, 0.4) is 0 Å². The summed E-state index contributed by atoms with van der Waals surface area (Å²) in [5, 5.41) is -4.44. The van der Waals surface area contributed by atoms with Crippen molar-refractivity contribution in [1.82, 2.24) is 0 Å². The topological polar surface area (TPSA) is 77.5 Å². The monoisotopic (exact) mass is 346 g/mol. The lowest BCUT2D eigenvalue weighted by Crippen LogP contribution is -2.41. The number of hydrogen-bond acceptors (Lipinski definition) is 5. The Kier molecular flexibility index (Phi) is 3.95. The fourth-order valence-electron chi connectivity index (χ4n) is 3.93. The van der Waals surface area contributed by atoms with Crippen LogP contribution in [0.5, 0.6) is 0 Å². The van der Waals surface area contributed by atoms with Gasteiger partial charge in [-0.3, -0.25) is 4.18 Å². The van der Waals surface area contributed by atoms with Crippen LogP contribution >= 0.6 is 0 Å². The first-order chi connectivity index (χ1) is 9.32. The molecule has 2 rings (SSSR count). The lowest BCUT2D eigenvalue weighted by Gasteiger charge is -2.38. The smallest absolute Gasteiger partial charge is 0.273 e. The van der Waals surface area contributed by atoms with Gasteiger partial charge in [0.15, 0.2) is 0 Å². The molecule has 0 heterocycles. The van der Waals surface area contributed by atoms with Crippen molar-refractivity contribution in [2.24, 2.45) is 17.3 Å². The highest BCUT2D eigenvalue weighted by molar-refractivity contribution is 7.91. The van der Waals surface area contributed by atoms with Crippen molar-refractivity contribution in [2.75, 3.05) is 13.4 Å². The second-order valence-corrected chi connectivity index (χ2v) is 10.6. The average molecular weight is 346 g/mol. The van der Waals surface area contributed by atoms with E-state index < -0.39 is 42.3 Å². The molecule has 0 saturated heterocycles. The predicted octanol–water partition coefficient (Wildman–Crippen LogP) is 1.79. The third kappa shape index (κ3) is 2.84. The summed E-state index contributed by atoms with van der Waals surface area (Å²) in [4.78, 5) is 0. The Morgan fingerprint density at radius 3 is 2.19 bits per heavy atom. The van der Waals surface area contributed by atoms with Crippen molar-refractivity contribution < 1.29 is 29.8 Å². The second kappa shape index (κ2) is 4.86. The van der Waals surface area contributed by atoms with E-state index in [9.17, 15) is 25.6 Å². The summed E-state index contributed by atoms with van der Waals surface area (Å²) in [6, 6.07) is 0. The molecule has 0 aliphatic heterocycles. The van der Waals surface area contributed by atoms with Crippen LogP contribution in [-0.4, -0.2) is 40.7 Å². The van der Waals surface area contributed by atoms with Crippen LogP contribution in [0.4, 0.5) is 8.78 Å². The van der Waals surface area contributed by atoms with Crippen LogP contribution < -0.4 is 0 Å². The van der Waals surface area contributed by atoms with Gasteiger partial charge in [0.25, 0.3) is 10.1 Å². The molecular formula is C12H20F2O5S2. The van der Waals surface area contributed by atoms with Gasteiger partial charge in [-0.1, -0.05) is 6.92 Å². The quantitative estimate of drug-likeness (QED) is 0.709. The van der Waals surface area contributed by atoms with Gasteiger partial charge in [-0.25, -0.2) is 8.42 Å². The maximum Gasteiger partial charge on any atom is 0.345 e. The van der Waals surface area contributed by atoms with Gasteiger partial charge in [0.2, 0.25) is 9.84 Å². The highest BCUT2D eigenvalue weighted by Gasteiger charge is 2.60. The van der Waals surface area contributed by atoms with E-state index in [1.807, 2.05) is 0 Å². The molecule has 21 heavy (non-hydrogen) atoms. The van der Waals surface area contributed by atoms with E-state index in [0.717, 1.165) is 7.11 Å². The fraction of sp³-hybridized carbons (Fsp3) is 1.00. The van der Waals surface area contributed by atoms with E-state index in [-0.39, 0.29) is 24.7 Å². The molecule has 124 valence electrons. The molecule has 2 fully saturated rings. The van der Waals surface area contributed by atoms with Crippen molar-refractivity contribution >= 4 is 20.0 Å². The minimum absolute atomic E-state index is 0.218. The first-order valence-corrected chi connectivity index (χ1v) is 10.1.